The summed E-state index contributed by atoms with van der Waals surface area (Å²) in [5, 5.41) is 11.7. The van der Waals surface area contributed by atoms with Gasteiger partial charge in [0.1, 0.15) is 16.4 Å². The molecule has 1 aliphatic rings. The van der Waals surface area contributed by atoms with E-state index in [1.54, 1.807) is 30.8 Å². The first kappa shape index (κ1) is 22.9. The fraction of sp³-hybridized carbons (Fsp3) is 0.364. The molecule has 178 valence electrons. The summed E-state index contributed by atoms with van der Waals surface area (Å²) in [6.07, 6.45) is 6.62. The van der Waals surface area contributed by atoms with Crippen molar-refractivity contribution in [1.29, 1.82) is 0 Å². The van der Waals surface area contributed by atoms with Crippen molar-refractivity contribution >= 4 is 37.4 Å². The minimum atomic E-state index is -3.65. The van der Waals surface area contributed by atoms with Gasteiger partial charge in [-0.05, 0) is 54.2 Å². The van der Waals surface area contributed by atoms with E-state index in [-0.39, 0.29) is 10.8 Å². The molecule has 34 heavy (non-hydrogen) atoms. The molecule has 0 aliphatic carbocycles. The summed E-state index contributed by atoms with van der Waals surface area (Å²) in [4.78, 5) is 9.19. The Balaban J connectivity index is 1.37. The van der Waals surface area contributed by atoms with Crippen LogP contribution in [0.2, 0.25) is 0 Å². The maximum Gasteiger partial charge on any atom is 0.248 e. The second-order valence-electron chi connectivity index (χ2n) is 8.34. The zero-order chi connectivity index (χ0) is 23.9. The van der Waals surface area contributed by atoms with Gasteiger partial charge in [-0.15, -0.1) is 0 Å². The van der Waals surface area contributed by atoms with Gasteiger partial charge >= 0.3 is 0 Å². The summed E-state index contributed by atoms with van der Waals surface area (Å²) in [5.41, 5.74) is 3.08. The van der Waals surface area contributed by atoms with Crippen molar-refractivity contribution < 1.29 is 12.9 Å². The molecule has 0 radical (unpaired) electrons. The van der Waals surface area contributed by atoms with Gasteiger partial charge in [-0.3, -0.25) is 4.98 Å². The number of hydrogen-bond acceptors (Lipinski definition) is 8. The van der Waals surface area contributed by atoms with Gasteiger partial charge in [0.25, 0.3) is 0 Å². The number of fused-ring (bicyclic) bond motifs is 1. The topological polar surface area (TPSA) is 119 Å². The normalized spacial score (nSPS) is 15.7. The van der Waals surface area contributed by atoms with Gasteiger partial charge in [0.15, 0.2) is 11.4 Å². The molecule has 5 rings (SSSR count). The lowest BCUT2D eigenvalue weighted by Gasteiger charge is -2.31. The molecule has 0 aromatic carbocycles. The lowest BCUT2D eigenvalue weighted by atomic mass is 9.94. The molecule has 1 saturated heterocycles. The highest BCUT2D eigenvalue weighted by molar-refractivity contribution is 9.10. The largest absolute Gasteiger partial charge is 0.366 e. The van der Waals surface area contributed by atoms with E-state index in [0.717, 1.165) is 27.2 Å². The highest BCUT2D eigenvalue weighted by atomic mass is 79.9. The molecule has 12 heteroatoms. The number of piperidine rings is 1. The van der Waals surface area contributed by atoms with E-state index in [1.165, 1.54) is 4.31 Å². The zero-order valence-corrected chi connectivity index (χ0v) is 21.2. The van der Waals surface area contributed by atoms with E-state index in [9.17, 15) is 8.42 Å². The molecule has 4 aromatic rings. The molecule has 0 atom stereocenters. The summed E-state index contributed by atoms with van der Waals surface area (Å²) >= 11 is 3.54. The van der Waals surface area contributed by atoms with Crippen molar-refractivity contribution in [2.45, 2.75) is 44.0 Å². The Morgan fingerprint density at radius 1 is 1.24 bits per heavy atom. The SMILES string of the molecule is Cc1noc(C)c1S(=O)(=O)N1CCC(c2cc(NCc3cccnc3)n3ncc(Br)c3n2)CC1. The predicted molar refractivity (Wildman–Crippen MR) is 129 cm³/mol. The summed E-state index contributed by atoms with van der Waals surface area (Å²) in [7, 11) is -3.65. The van der Waals surface area contributed by atoms with Crippen molar-refractivity contribution in [3.63, 3.8) is 0 Å². The number of sulfonamides is 1. The second-order valence-corrected chi connectivity index (χ2v) is 11.1. The Bertz CT molecular complexity index is 1410. The molecule has 1 fully saturated rings. The van der Waals surface area contributed by atoms with Crippen LogP contribution in [-0.2, 0) is 16.6 Å². The molecular weight excluding hydrogens is 522 g/mol. The molecule has 10 nitrogen and oxygen atoms in total. The van der Waals surface area contributed by atoms with Gasteiger partial charge in [0, 0.05) is 49.7 Å². The Morgan fingerprint density at radius 2 is 2.03 bits per heavy atom. The van der Waals surface area contributed by atoms with Crippen molar-refractivity contribution in [1.82, 2.24) is 29.0 Å². The Morgan fingerprint density at radius 3 is 2.71 bits per heavy atom. The van der Waals surface area contributed by atoms with Crippen LogP contribution in [0.3, 0.4) is 0 Å². The van der Waals surface area contributed by atoms with Crippen LogP contribution >= 0.6 is 15.9 Å². The van der Waals surface area contributed by atoms with E-state index in [2.05, 4.69) is 36.5 Å². The maximum absolute atomic E-state index is 13.2. The van der Waals surface area contributed by atoms with Crippen molar-refractivity contribution in [2.24, 2.45) is 0 Å². The highest BCUT2D eigenvalue weighted by Gasteiger charge is 2.34. The third-order valence-electron chi connectivity index (χ3n) is 6.08. The zero-order valence-electron chi connectivity index (χ0n) is 18.8. The number of halogens is 1. The second kappa shape index (κ2) is 9.08. The van der Waals surface area contributed by atoms with Gasteiger partial charge in [-0.25, -0.2) is 13.4 Å². The summed E-state index contributed by atoms with van der Waals surface area (Å²) < 4.78 is 35.5. The van der Waals surface area contributed by atoms with Crippen LogP contribution in [0.25, 0.3) is 5.65 Å². The molecule has 0 bridgehead atoms. The summed E-state index contributed by atoms with van der Waals surface area (Å²) in [5.74, 6) is 1.27. The first-order valence-corrected chi connectivity index (χ1v) is 13.2. The minimum Gasteiger partial charge on any atom is -0.366 e. The lowest BCUT2D eigenvalue weighted by Crippen LogP contribution is -2.38. The number of rotatable bonds is 6. The number of nitrogens with one attached hydrogen (secondary N) is 1. The van der Waals surface area contributed by atoms with E-state index in [0.29, 0.717) is 43.9 Å². The molecular formula is C22H24BrN7O3S. The van der Waals surface area contributed by atoms with Crippen molar-refractivity contribution in [3.05, 3.63) is 64.0 Å². The first-order valence-electron chi connectivity index (χ1n) is 10.9. The Hall–Kier alpha value is -2.83. The predicted octanol–water partition coefficient (Wildman–Crippen LogP) is 3.67. The van der Waals surface area contributed by atoms with Crippen LogP contribution in [0.1, 0.15) is 41.5 Å². The molecule has 0 amide bonds. The summed E-state index contributed by atoms with van der Waals surface area (Å²) in [6.45, 7) is 4.69. The number of aromatic nitrogens is 5. The minimum absolute atomic E-state index is 0.127. The van der Waals surface area contributed by atoms with E-state index in [4.69, 9.17) is 9.51 Å². The molecule has 0 spiro atoms. The quantitative estimate of drug-likeness (QED) is 0.389. The molecule has 0 saturated carbocycles. The molecule has 0 unspecified atom stereocenters. The summed E-state index contributed by atoms with van der Waals surface area (Å²) in [6, 6.07) is 5.92. The number of hydrogen-bond donors (Lipinski definition) is 1. The maximum atomic E-state index is 13.2. The standard InChI is InChI=1S/C22H24BrN7O3S/c1-14-21(15(2)33-28-14)34(31,32)29-8-5-17(6-9-29)19-10-20(25-12-16-4-3-7-24-11-16)30-22(27-19)18(23)13-26-30/h3-4,7,10-11,13,17,25H,5-6,8-9,12H2,1-2H3. The third-order valence-corrected chi connectivity index (χ3v) is 8.79. The van der Waals surface area contributed by atoms with Crippen LogP contribution in [0.5, 0.6) is 0 Å². The van der Waals surface area contributed by atoms with Crippen molar-refractivity contribution in [3.8, 4) is 0 Å². The van der Waals surface area contributed by atoms with Crippen LogP contribution in [-0.4, -0.2) is 50.6 Å². The average Bonchev–Trinajstić information content (AvgIpc) is 3.39. The smallest absolute Gasteiger partial charge is 0.248 e. The fourth-order valence-corrected chi connectivity index (χ4v) is 6.46. The van der Waals surface area contributed by atoms with Gasteiger partial charge in [-0.1, -0.05) is 11.2 Å². The van der Waals surface area contributed by atoms with E-state index >= 15 is 0 Å². The Labute approximate surface area is 205 Å². The monoisotopic (exact) mass is 545 g/mol. The molecule has 1 N–H and O–H groups in total. The number of pyridine rings is 1. The number of anilines is 1. The van der Waals surface area contributed by atoms with Gasteiger partial charge < -0.3 is 9.84 Å². The lowest BCUT2D eigenvalue weighted by molar-refractivity contribution is 0.316. The number of nitrogens with zero attached hydrogens (tertiary/aromatic N) is 6. The van der Waals surface area contributed by atoms with Crippen LogP contribution in [0, 0.1) is 13.8 Å². The van der Waals surface area contributed by atoms with Gasteiger partial charge in [0.2, 0.25) is 10.0 Å². The molecule has 4 aromatic heterocycles. The van der Waals surface area contributed by atoms with E-state index in [1.807, 2.05) is 24.4 Å². The first-order chi connectivity index (χ1) is 16.3. The highest BCUT2D eigenvalue weighted by Crippen LogP contribution is 2.33. The van der Waals surface area contributed by atoms with Crippen LogP contribution < -0.4 is 5.32 Å². The van der Waals surface area contributed by atoms with Crippen LogP contribution in [0.15, 0.2) is 50.7 Å². The number of aryl methyl sites for hydroxylation is 2. The molecule has 5 heterocycles. The molecule has 1 aliphatic heterocycles. The van der Waals surface area contributed by atoms with Gasteiger partial charge in [0.05, 0.1) is 10.7 Å². The van der Waals surface area contributed by atoms with Gasteiger partial charge in [-0.2, -0.15) is 13.9 Å². The van der Waals surface area contributed by atoms with Crippen LogP contribution in [0.4, 0.5) is 5.82 Å². The fourth-order valence-electron chi connectivity index (χ4n) is 4.35. The average molecular weight is 546 g/mol. The van der Waals surface area contributed by atoms with Crippen molar-refractivity contribution in [2.75, 3.05) is 18.4 Å². The Kier molecular flexibility index (Phi) is 6.13. The van der Waals surface area contributed by atoms with E-state index < -0.39 is 10.0 Å². The third kappa shape index (κ3) is 4.21.